The van der Waals surface area contributed by atoms with Gasteiger partial charge in [0.2, 0.25) is 0 Å². The lowest BCUT2D eigenvalue weighted by atomic mass is 10.0. The largest absolute Gasteiger partial charge is 0.483 e. The third kappa shape index (κ3) is 4.91. The zero-order chi connectivity index (χ0) is 14.4. The van der Waals surface area contributed by atoms with Crippen LogP contribution in [-0.4, -0.2) is 25.1 Å². The number of amides is 1. The summed E-state index contributed by atoms with van der Waals surface area (Å²) >= 11 is 0. The van der Waals surface area contributed by atoms with Crippen molar-refractivity contribution >= 4 is 5.91 Å². The van der Waals surface area contributed by atoms with Gasteiger partial charge in [0.05, 0.1) is 0 Å². The van der Waals surface area contributed by atoms with Crippen LogP contribution in [0.4, 0.5) is 0 Å². The van der Waals surface area contributed by atoms with Gasteiger partial charge in [0.25, 0.3) is 5.91 Å². The van der Waals surface area contributed by atoms with E-state index in [2.05, 4.69) is 17.4 Å². The Morgan fingerprint density at radius 3 is 2.42 bits per heavy atom. The lowest BCUT2D eigenvalue weighted by Crippen LogP contribution is -2.28. The number of likely N-dealkylation sites (N-methyl/N-ethyl adjacent to an activating group) is 1. The molecule has 0 spiro atoms. The first-order valence-corrected chi connectivity index (χ1v) is 6.69. The summed E-state index contributed by atoms with van der Waals surface area (Å²) in [5, 5.41) is 2.71. The predicted molar refractivity (Wildman–Crippen MR) is 77.4 cm³/mol. The second-order valence-electron chi connectivity index (χ2n) is 4.98. The maximum atomic E-state index is 11.4. The number of aryl methyl sites for hydroxylation is 2. The number of carbonyl (C=O) groups is 1. The summed E-state index contributed by atoms with van der Waals surface area (Å²) in [7, 11) is 0. The summed E-state index contributed by atoms with van der Waals surface area (Å²) < 4.78 is 5.60. The molecule has 4 heteroatoms. The number of nitrogens with two attached hydrogens (primary N) is 1. The van der Waals surface area contributed by atoms with Gasteiger partial charge < -0.3 is 15.8 Å². The van der Waals surface area contributed by atoms with Crippen LogP contribution < -0.4 is 15.8 Å². The lowest BCUT2D eigenvalue weighted by Gasteiger charge is -2.14. The quantitative estimate of drug-likeness (QED) is 0.822. The Kier molecular flexibility index (Phi) is 5.83. The monoisotopic (exact) mass is 264 g/mol. The molecule has 0 fully saturated rings. The third-order valence-corrected chi connectivity index (χ3v) is 2.80. The fourth-order valence-corrected chi connectivity index (χ4v) is 2.14. The highest BCUT2D eigenvalue weighted by Crippen LogP contribution is 2.25. The van der Waals surface area contributed by atoms with E-state index >= 15 is 0 Å². The van der Waals surface area contributed by atoms with E-state index in [1.165, 1.54) is 5.56 Å². The van der Waals surface area contributed by atoms with Gasteiger partial charge in [-0.25, -0.2) is 0 Å². The second kappa shape index (κ2) is 7.14. The van der Waals surface area contributed by atoms with Crippen LogP contribution in [0.25, 0.3) is 0 Å². The minimum absolute atomic E-state index is 0.0577. The molecule has 19 heavy (non-hydrogen) atoms. The van der Waals surface area contributed by atoms with E-state index in [-0.39, 0.29) is 18.6 Å². The molecule has 4 nitrogen and oxygen atoms in total. The molecular weight excluding hydrogens is 240 g/mol. The summed E-state index contributed by atoms with van der Waals surface area (Å²) in [5.41, 5.74) is 9.10. The smallest absolute Gasteiger partial charge is 0.257 e. The minimum Gasteiger partial charge on any atom is -0.483 e. The van der Waals surface area contributed by atoms with E-state index in [9.17, 15) is 4.79 Å². The number of hydrogen-bond donors (Lipinski definition) is 2. The van der Waals surface area contributed by atoms with E-state index < -0.39 is 0 Å². The van der Waals surface area contributed by atoms with Crippen molar-refractivity contribution in [3.05, 3.63) is 28.8 Å². The molecule has 3 N–H and O–H groups in total. The highest BCUT2D eigenvalue weighted by atomic mass is 16.5. The van der Waals surface area contributed by atoms with Crippen LogP contribution in [0.2, 0.25) is 0 Å². The van der Waals surface area contributed by atoms with Crippen molar-refractivity contribution in [2.75, 3.05) is 13.2 Å². The van der Waals surface area contributed by atoms with E-state index in [1.807, 2.05) is 27.7 Å². The highest BCUT2D eigenvalue weighted by molar-refractivity contribution is 5.77. The molecule has 0 saturated heterocycles. The predicted octanol–water partition coefficient (Wildman–Crippen LogP) is 1.71. The van der Waals surface area contributed by atoms with Gasteiger partial charge in [0, 0.05) is 12.6 Å². The molecular formula is C15H24N2O2. The molecule has 106 valence electrons. The van der Waals surface area contributed by atoms with Gasteiger partial charge in [-0.2, -0.15) is 0 Å². The normalized spacial score (nSPS) is 12.1. The van der Waals surface area contributed by atoms with Crippen molar-refractivity contribution in [2.24, 2.45) is 5.73 Å². The molecule has 1 rings (SSSR count). The lowest BCUT2D eigenvalue weighted by molar-refractivity contribution is -0.122. The van der Waals surface area contributed by atoms with Crippen LogP contribution in [0.15, 0.2) is 12.1 Å². The van der Waals surface area contributed by atoms with Crippen molar-refractivity contribution in [3.63, 3.8) is 0 Å². The van der Waals surface area contributed by atoms with E-state index in [1.54, 1.807) is 0 Å². The van der Waals surface area contributed by atoms with Gasteiger partial charge in [-0.15, -0.1) is 0 Å². The van der Waals surface area contributed by atoms with Crippen molar-refractivity contribution in [1.29, 1.82) is 0 Å². The number of carbonyl (C=O) groups excluding carboxylic acids is 1. The zero-order valence-corrected chi connectivity index (χ0v) is 12.2. The molecule has 0 bridgehead atoms. The van der Waals surface area contributed by atoms with Crippen LogP contribution >= 0.6 is 0 Å². The Morgan fingerprint density at radius 1 is 1.37 bits per heavy atom. The SMILES string of the molecule is CCNC(=O)COc1c(C)cc(CC(C)N)cc1C. The summed E-state index contributed by atoms with van der Waals surface area (Å²) in [4.78, 5) is 11.4. The molecule has 1 unspecified atom stereocenters. The topological polar surface area (TPSA) is 64.3 Å². The maximum absolute atomic E-state index is 11.4. The van der Waals surface area contributed by atoms with Crippen molar-refractivity contribution < 1.29 is 9.53 Å². The Labute approximate surface area is 115 Å². The second-order valence-corrected chi connectivity index (χ2v) is 4.98. The van der Waals surface area contributed by atoms with Gasteiger partial charge in [0.15, 0.2) is 6.61 Å². The Balaban J connectivity index is 2.76. The third-order valence-electron chi connectivity index (χ3n) is 2.80. The van der Waals surface area contributed by atoms with Gasteiger partial charge in [-0.05, 0) is 50.8 Å². The maximum Gasteiger partial charge on any atom is 0.257 e. The first-order chi connectivity index (χ1) is 8.93. The molecule has 1 atom stereocenters. The molecule has 0 aliphatic rings. The molecule has 0 saturated carbocycles. The molecule has 0 aliphatic carbocycles. The Hall–Kier alpha value is -1.55. The fraction of sp³-hybridized carbons (Fsp3) is 0.533. The van der Waals surface area contributed by atoms with Crippen LogP contribution in [0, 0.1) is 13.8 Å². The summed E-state index contributed by atoms with van der Waals surface area (Å²) in [6, 6.07) is 4.29. The molecule has 0 aliphatic heterocycles. The van der Waals surface area contributed by atoms with Crippen LogP contribution in [-0.2, 0) is 11.2 Å². The van der Waals surface area contributed by atoms with E-state index in [0.29, 0.717) is 6.54 Å². The average Bonchev–Trinajstić information content (AvgIpc) is 2.27. The fourth-order valence-electron chi connectivity index (χ4n) is 2.14. The van der Waals surface area contributed by atoms with Crippen molar-refractivity contribution in [2.45, 2.75) is 40.2 Å². The minimum atomic E-state index is -0.0963. The molecule has 1 aromatic carbocycles. The van der Waals surface area contributed by atoms with Crippen LogP contribution in [0.3, 0.4) is 0 Å². The van der Waals surface area contributed by atoms with E-state index in [4.69, 9.17) is 10.5 Å². The van der Waals surface area contributed by atoms with Gasteiger partial charge >= 0.3 is 0 Å². The van der Waals surface area contributed by atoms with Crippen molar-refractivity contribution in [3.8, 4) is 5.75 Å². The summed E-state index contributed by atoms with van der Waals surface area (Å²) in [6.45, 7) is 8.53. The zero-order valence-electron chi connectivity index (χ0n) is 12.2. The first kappa shape index (κ1) is 15.5. The number of rotatable bonds is 6. The number of benzene rings is 1. The molecule has 1 aromatic rings. The van der Waals surface area contributed by atoms with E-state index in [0.717, 1.165) is 23.3 Å². The standard InChI is InChI=1S/C15H24N2O2/c1-5-17-14(18)9-19-15-10(2)6-13(7-11(15)3)8-12(4)16/h6-7,12H,5,8-9,16H2,1-4H3,(H,17,18). The number of hydrogen-bond acceptors (Lipinski definition) is 3. The molecule has 0 aromatic heterocycles. The molecule has 0 heterocycles. The first-order valence-electron chi connectivity index (χ1n) is 6.69. The summed E-state index contributed by atoms with van der Waals surface area (Å²) in [5.74, 6) is 0.695. The van der Waals surface area contributed by atoms with Gasteiger partial charge in [0.1, 0.15) is 5.75 Å². The molecule has 0 radical (unpaired) electrons. The Morgan fingerprint density at radius 2 is 1.95 bits per heavy atom. The van der Waals surface area contributed by atoms with Crippen molar-refractivity contribution in [1.82, 2.24) is 5.32 Å². The van der Waals surface area contributed by atoms with Crippen LogP contribution in [0.1, 0.15) is 30.5 Å². The van der Waals surface area contributed by atoms with Crippen LogP contribution in [0.5, 0.6) is 5.75 Å². The Bertz CT molecular complexity index is 419. The highest BCUT2D eigenvalue weighted by Gasteiger charge is 2.09. The van der Waals surface area contributed by atoms with Gasteiger partial charge in [-0.1, -0.05) is 12.1 Å². The summed E-state index contributed by atoms with van der Waals surface area (Å²) in [6.07, 6.45) is 0.846. The molecule has 1 amide bonds. The number of nitrogens with one attached hydrogen (secondary N) is 1. The number of ether oxygens (including phenoxy) is 1. The van der Waals surface area contributed by atoms with Gasteiger partial charge in [-0.3, -0.25) is 4.79 Å². The average molecular weight is 264 g/mol.